The third-order valence-corrected chi connectivity index (χ3v) is 3.12. The molecule has 0 saturated heterocycles. The van der Waals surface area contributed by atoms with Gasteiger partial charge >= 0.3 is 0 Å². The zero-order valence-electron chi connectivity index (χ0n) is 11.6. The molecule has 0 atom stereocenters. The van der Waals surface area contributed by atoms with E-state index in [9.17, 15) is 0 Å². The van der Waals surface area contributed by atoms with Crippen LogP contribution in [0.25, 0.3) is 0 Å². The Balaban J connectivity index is 2.17. The maximum Gasteiger partial charge on any atom is 0.0221 e. The Morgan fingerprint density at radius 2 is 2.00 bits per heavy atom. The van der Waals surface area contributed by atoms with Crippen molar-refractivity contribution in [3.05, 3.63) is 24.0 Å². The monoisotopic (exact) mass is 237 g/mol. The average molecular weight is 237 g/mol. The first kappa shape index (κ1) is 14.3. The Morgan fingerprint density at radius 1 is 1.24 bits per heavy atom. The maximum absolute atomic E-state index is 3.50. The number of hydrogen-bond acceptors (Lipinski definition) is 2. The van der Waals surface area contributed by atoms with E-state index in [4.69, 9.17) is 0 Å². The fourth-order valence-electron chi connectivity index (χ4n) is 2.00. The molecular weight excluding hydrogens is 210 g/mol. The van der Waals surface area contributed by atoms with Crippen molar-refractivity contribution in [2.24, 2.45) is 0 Å². The summed E-state index contributed by atoms with van der Waals surface area (Å²) in [5.74, 6) is 0. The van der Waals surface area contributed by atoms with E-state index in [0.29, 0.717) is 0 Å². The highest BCUT2D eigenvalue weighted by atomic mass is 15.1. The molecule has 3 heteroatoms. The van der Waals surface area contributed by atoms with E-state index in [-0.39, 0.29) is 0 Å². The van der Waals surface area contributed by atoms with Crippen LogP contribution >= 0.6 is 0 Å². The third kappa shape index (κ3) is 5.37. The molecule has 0 aliphatic heterocycles. The van der Waals surface area contributed by atoms with Crippen molar-refractivity contribution in [2.75, 3.05) is 26.2 Å². The van der Waals surface area contributed by atoms with E-state index in [1.54, 1.807) is 0 Å². The van der Waals surface area contributed by atoms with Gasteiger partial charge in [-0.15, -0.1) is 0 Å². The topological polar surface area (TPSA) is 20.2 Å². The van der Waals surface area contributed by atoms with Gasteiger partial charge in [0.2, 0.25) is 0 Å². The van der Waals surface area contributed by atoms with Crippen LogP contribution in [0.15, 0.2) is 18.5 Å². The summed E-state index contributed by atoms with van der Waals surface area (Å²) in [6.45, 7) is 13.3. The van der Waals surface area contributed by atoms with Crippen LogP contribution in [-0.4, -0.2) is 35.6 Å². The molecule has 1 aromatic heterocycles. The number of nitrogens with zero attached hydrogens (tertiary/aromatic N) is 2. The molecular formula is C14H27N3. The fraction of sp³-hybridized carbons (Fsp3) is 0.714. The summed E-state index contributed by atoms with van der Waals surface area (Å²) in [5.41, 5.74) is 1.39. The molecule has 0 aliphatic rings. The molecule has 1 rings (SSSR count). The minimum absolute atomic E-state index is 0.984. The molecule has 0 fully saturated rings. The van der Waals surface area contributed by atoms with Crippen molar-refractivity contribution in [1.82, 2.24) is 14.8 Å². The summed E-state index contributed by atoms with van der Waals surface area (Å²) in [6, 6.07) is 2.21. The molecule has 0 unspecified atom stereocenters. The lowest BCUT2D eigenvalue weighted by molar-refractivity contribution is 0.302. The van der Waals surface area contributed by atoms with Crippen molar-refractivity contribution in [1.29, 1.82) is 0 Å². The summed E-state index contributed by atoms with van der Waals surface area (Å²) in [7, 11) is 0. The zero-order chi connectivity index (χ0) is 12.5. The van der Waals surface area contributed by atoms with Crippen molar-refractivity contribution in [3.63, 3.8) is 0 Å². The van der Waals surface area contributed by atoms with Gasteiger partial charge in [-0.1, -0.05) is 20.8 Å². The molecule has 0 aromatic carbocycles. The molecule has 17 heavy (non-hydrogen) atoms. The second-order valence-corrected chi connectivity index (χ2v) is 4.46. The molecule has 1 heterocycles. The summed E-state index contributed by atoms with van der Waals surface area (Å²) < 4.78 is 2.27. The van der Waals surface area contributed by atoms with Gasteiger partial charge in [-0.2, -0.15) is 0 Å². The van der Waals surface area contributed by atoms with Crippen molar-refractivity contribution in [2.45, 2.75) is 40.3 Å². The van der Waals surface area contributed by atoms with Crippen LogP contribution in [0, 0.1) is 0 Å². The Kier molecular flexibility index (Phi) is 6.97. The van der Waals surface area contributed by atoms with Gasteiger partial charge in [-0.25, -0.2) is 0 Å². The standard InChI is InChI=1S/C14H27N3/c1-4-9-17-10-7-14(13-17)12-15-8-11-16(5-2)6-3/h7,10,13,15H,4-6,8-9,11-12H2,1-3H3. The first-order valence-corrected chi connectivity index (χ1v) is 6.87. The first-order valence-electron chi connectivity index (χ1n) is 6.87. The van der Waals surface area contributed by atoms with Crippen molar-refractivity contribution in [3.8, 4) is 0 Å². The van der Waals surface area contributed by atoms with Gasteiger partial charge in [-0.3, -0.25) is 0 Å². The van der Waals surface area contributed by atoms with Gasteiger partial charge in [-0.05, 0) is 31.1 Å². The van der Waals surface area contributed by atoms with E-state index < -0.39 is 0 Å². The molecule has 0 aliphatic carbocycles. The SMILES string of the molecule is CCCn1ccc(CNCCN(CC)CC)c1. The molecule has 0 bridgehead atoms. The fourth-order valence-corrected chi connectivity index (χ4v) is 2.00. The van der Waals surface area contributed by atoms with E-state index in [1.807, 2.05) is 0 Å². The number of likely N-dealkylation sites (N-methyl/N-ethyl adjacent to an activating group) is 1. The van der Waals surface area contributed by atoms with Crippen molar-refractivity contribution < 1.29 is 0 Å². The van der Waals surface area contributed by atoms with Gasteiger partial charge in [0.15, 0.2) is 0 Å². The molecule has 0 spiro atoms. The lowest BCUT2D eigenvalue weighted by Crippen LogP contribution is -2.31. The van der Waals surface area contributed by atoms with E-state index in [2.05, 4.69) is 54.0 Å². The Bertz CT molecular complexity index is 289. The van der Waals surface area contributed by atoms with Gasteiger partial charge in [0.25, 0.3) is 0 Å². The zero-order valence-corrected chi connectivity index (χ0v) is 11.6. The summed E-state index contributed by atoms with van der Waals surface area (Å²) in [6.07, 6.45) is 5.61. The van der Waals surface area contributed by atoms with Crippen molar-refractivity contribution >= 4 is 0 Å². The van der Waals surface area contributed by atoms with E-state index in [0.717, 1.165) is 39.3 Å². The highest BCUT2D eigenvalue weighted by Gasteiger charge is 1.99. The summed E-state index contributed by atoms with van der Waals surface area (Å²) >= 11 is 0. The van der Waals surface area contributed by atoms with Crippen LogP contribution < -0.4 is 5.32 Å². The predicted octanol–water partition coefficient (Wildman–Crippen LogP) is 2.33. The summed E-state index contributed by atoms with van der Waals surface area (Å²) in [4.78, 5) is 2.44. The maximum atomic E-state index is 3.50. The van der Waals surface area contributed by atoms with Gasteiger partial charge < -0.3 is 14.8 Å². The highest BCUT2D eigenvalue weighted by Crippen LogP contribution is 2.01. The minimum atomic E-state index is 0.984. The molecule has 3 nitrogen and oxygen atoms in total. The van der Waals surface area contributed by atoms with Crippen LogP contribution in [-0.2, 0) is 13.1 Å². The average Bonchev–Trinajstić information content (AvgIpc) is 2.78. The Labute approximate surface area is 106 Å². The molecule has 98 valence electrons. The Hall–Kier alpha value is -0.800. The van der Waals surface area contributed by atoms with Gasteiger partial charge in [0.1, 0.15) is 0 Å². The smallest absolute Gasteiger partial charge is 0.0221 e. The largest absolute Gasteiger partial charge is 0.354 e. The number of aromatic nitrogens is 1. The quantitative estimate of drug-likeness (QED) is 0.665. The number of aryl methyl sites for hydroxylation is 1. The lowest BCUT2D eigenvalue weighted by Gasteiger charge is -2.17. The molecule has 1 N–H and O–H groups in total. The van der Waals surface area contributed by atoms with Crippen LogP contribution in [0.5, 0.6) is 0 Å². The highest BCUT2D eigenvalue weighted by molar-refractivity contribution is 5.09. The number of rotatable bonds is 9. The number of hydrogen-bond donors (Lipinski definition) is 1. The predicted molar refractivity (Wildman–Crippen MR) is 74.2 cm³/mol. The second kappa shape index (κ2) is 8.31. The number of nitrogens with one attached hydrogen (secondary N) is 1. The summed E-state index contributed by atoms with van der Waals surface area (Å²) in [5, 5.41) is 3.50. The second-order valence-electron chi connectivity index (χ2n) is 4.46. The Morgan fingerprint density at radius 3 is 2.65 bits per heavy atom. The first-order chi connectivity index (χ1) is 8.30. The van der Waals surface area contributed by atoms with Crippen LogP contribution in [0.3, 0.4) is 0 Å². The molecule has 0 radical (unpaired) electrons. The molecule has 1 aromatic rings. The lowest BCUT2D eigenvalue weighted by atomic mass is 10.3. The van der Waals surface area contributed by atoms with Crippen LogP contribution in [0.4, 0.5) is 0 Å². The van der Waals surface area contributed by atoms with Gasteiger partial charge in [0, 0.05) is 38.6 Å². The molecule has 0 saturated carbocycles. The van der Waals surface area contributed by atoms with E-state index >= 15 is 0 Å². The van der Waals surface area contributed by atoms with Crippen LogP contribution in [0.1, 0.15) is 32.8 Å². The minimum Gasteiger partial charge on any atom is -0.354 e. The van der Waals surface area contributed by atoms with E-state index in [1.165, 1.54) is 12.0 Å². The van der Waals surface area contributed by atoms with Gasteiger partial charge in [0.05, 0.1) is 0 Å². The normalized spacial score (nSPS) is 11.3. The third-order valence-electron chi connectivity index (χ3n) is 3.12. The van der Waals surface area contributed by atoms with Crippen LogP contribution in [0.2, 0.25) is 0 Å². The molecule has 0 amide bonds.